The van der Waals surface area contributed by atoms with E-state index in [1.54, 1.807) is 0 Å². The van der Waals surface area contributed by atoms with Crippen LogP contribution in [0.3, 0.4) is 0 Å². The van der Waals surface area contributed by atoms with E-state index in [2.05, 4.69) is 31.1 Å². The minimum atomic E-state index is -4.77. The summed E-state index contributed by atoms with van der Waals surface area (Å²) in [6.45, 7) is 2.84. The summed E-state index contributed by atoms with van der Waals surface area (Å²) < 4.78 is 97.4. The summed E-state index contributed by atoms with van der Waals surface area (Å²) in [5.74, 6) is -4.61. The quantitative estimate of drug-likeness (QED) is 0.217. The number of methoxy groups -OCH3 is 1. The zero-order valence-corrected chi connectivity index (χ0v) is 24.2. The van der Waals surface area contributed by atoms with E-state index in [4.69, 9.17) is 9.47 Å². The summed E-state index contributed by atoms with van der Waals surface area (Å²) in [6, 6.07) is 3.67. The molecular weight excluding hydrogens is 652 g/mol. The van der Waals surface area contributed by atoms with Gasteiger partial charge in [-0.3, -0.25) is 4.68 Å². The highest BCUT2D eigenvalue weighted by Crippen LogP contribution is 2.42. The highest BCUT2D eigenvalue weighted by Gasteiger charge is 2.51. The second-order valence-electron chi connectivity index (χ2n) is 9.99. The first-order valence-corrected chi connectivity index (χ1v) is 13.5. The number of benzene rings is 2. The molecule has 1 fully saturated rings. The van der Waals surface area contributed by atoms with Crippen LogP contribution in [0.1, 0.15) is 36.3 Å². The van der Waals surface area contributed by atoms with Gasteiger partial charge in [0.25, 0.3) is 0 Å². The van der Waals surface area contributed by atoms with Crippen LogP contribution in [0.25, 0.3) is 16.8 Å². The third-order valence-corrected chi connectivity index (χ3v) is 7.58. The second-order valence-corrected chi connectivity index (χ2v) is 10.9. The SMILES string of the molecule is CO[C@H]1C(C(C)O)O[C@@H](c2nc(C)nn2-c2cc(Br)ccc2C(F)(F)F)C(O)C1n1cc(-c2cc(F)c(F)c(F)c2)cn1. The summed E-state index contributed by atoms with van der Waals surface area (Å²) in [5, 5.41) is 30.7. The second kappa shape index (κ2) is 11.6. The molecule has 2 N–H and O–H groups in total. The van der Waals surface area contributed by atoms with Crippen LogP contribution in [0.5, 0.6) is 0 Å². The predicted octanol–water partition coefficient (Wildman–Crippen LogP) is 5.08. The number of aliphatic hydroxyl groups is 2. The Balaban J connectivity index is 1.62. The van der Waals surface area contributed by atoms with Crippen molar-refractivity contribution < 1.29 is 46.0 Å². The topological polar surface area (TPSA) is 107 Å². The maximum atomic E-state index is 14.0. The highest BCUT2D eigenvalue weighted by molar-refractivity contribution is 9.10. The van der Waals surface area contributed by atoms with E-state index in [9.17, 15) is 36.6 Å². The lowest BCUT2D eigenvalue weighted by atomic mass is 9.89. The number of hydrogen-bond acceptors (Lipinski definition) is 7. The molecule has 43 heavy (non-hydrogen) atoms. The first-order chi connectivity index (χ1) is 20.2. The third kappa shape index (κ3) is 5.81. The molecule has 2 aromatic heterocycles. The van der Waals surface area contributed by atoms with Gasteiger partial charge in [-0.2, -0.15) is 23.4 Å². The minimum Gasteiger partial charge on any atom is -0.391 e. The Labute approximate surface area is 248 Å². The Morgan fingerprint density at radius 2 is 1.77 bits per heavy atom. The first-order valence-electron chi connectivity index (χ1n) is 12.8. The van der Waals surface area contributed by atoms with Crippen molar-refractivity contribution >= 4 is 15.9 Å². The van der Waals surface area contributed by atoms with Gasteiger partial charge in [-0.1, -0.05) is 15.9 Å². The van der Waals surface area contributed by atoms with Crippen molar-refractivity contribution in [1.82, 2.24) is 24.5 Å². The fourth-order valence-corrected chi connectivity index (χ4v) is 5.51. The number of rotatable bonds is 6. The molecule has 1 saturated heterocycles. The molecule has 0 aliphatic carbocycles. The van der Waals surface area contributed by atoms with Crippen molar-refractivity contribution in [3.8, 4) is 16.8 Å². The van der Waals surface area contributed by atoms with Crippen LogP contribution in [-0.4, -0.2) is 66.3 Å². The minimum absolute atomic E-state index is 0.0495. The van der Waals surface area contributed by atoms with Crippen LogP contribution in [0.2, 0.25) is 0 Å². The fraction of sp³-hybridized carbons (Fsp3) is 0.370. The number of aliphatic hydroxyl groups excluding tert-OH is 2. The van der Waals surface area contributed by atoms with Crippen molar-refractivity contribution in [3.63, 3.8) is 0 Å². The van der Waals surface area contributed by atoms with Crippen molar-refractivity contribution in [1.29, 1.82) is 0 Å². The van der Waals surface area contributed by atoms with Crippen LogP contribution in [0.4, 0.5) is 26.3 Å². The monoisotopic (exact) mass is 675 g/mol. The fourth-order valence-electron chi connectivity index (χ4n) is 5.16. The van der Waals surface area contributed by atoms with Gasteiger partial charge in [0, 0.05) is 23.3 Å². The van der Waals surface area contributed by atoms with Crippen molar-refractivity contribution in [2.24, 2.45) is 0 Å². The average Bonchev–Trinajstić information content (AvgIpc) is 3.57. The maximum absolute atomic E-state index is 14.0. The van der Waals surface area contributed by atoms with Crippen LogP contribution in [0.15, 0.2) is 47.2 Å². The van der Waals surface area contributed by atoms with Gasteiger partial charge in [0.2, 0.25) is 0 Å². The Morgan fingerprint density at radius 1 is 1.09 bits per heavy atom. The Bertz CT molecular complexity index is 1620. The number of aryl methyl sites for hydroxylation is 1. The van der Waals surface area contributed by atoms with Gasteiger partial charge in [0.15, 0.2) is 23.3 Å². The predicted molar refractivity (Wildman–Crippen MR) is 141 cm³/mol. The maximum Gasteiger partial charge on any atom is 0.418 e. The summed E-state index contributed by atoms with van der Waals surface area (Å²) >= 11 is 3.18. The summed E-state index contributed by atoms with van der Waals surface area (Å²) in [6.07, 6.45) is -8.76. The molecule has 0 radical (unpaired) electrons. The van der Waals surface area contributed by atoms with E-state index in [0.717, 1.165) is 22.9 Å². The molecule has 1 aliphatic heterocycles. The number of hydrogen-bond donors (Lipinski definition) is 2. The molecule has 4 aromatic rings. The Hall–Kier alpha value is -3.31. The molecule has 0 bridgehead atoms. The van der Waals surface area contributed by atoms with E-state index in [0.29, 0.717) is 4.47 Å². The summed E-state index contributed by atoms with van der Waals surface area (Å²) in [5.41, 5.74) is -1.32. The molecule has 0 amide bonds. The lowest BCUT2D eigenvalue weighted by Crippen LogP contribution is -2.56. The third-order valence-electron chi connectivity index (χ3n) is 7.08. The standard InChI is InChI=1S/C27H24BrF6N5O4/c1-11(40)23-24(42-3)21(38-10-14(9-35-38)13-6-17(29)20(31)18(30)7-13)22(41)25(43-23)26-36-12(2)37-39(26)19-8-15(28)4-5-16(19)27(32,33)34/h4-11,21-25,40-41H,1-3H3/t11?,21?,22?,23?,24-,25-/m1/s1. The van der Waals surface area contributed by atoms with Crippen molar-refractivity contribution in [2.45, 2.75) is 56.6 Å². The lowest BCUT2D eigenvalue weighted by Gasteiger charge is -2.45. The molecule has 230 valence electrons. The van der Waals surface area contributed by atoms with E-state index in [-0.39, 0.29) is 22.8 Å². The van der Waals surface area contributed by atoms with Crippen LogP contribution in [0, 0.1) is 24.4 Å². The largest absolute Gasteiger partial charge is 0.418 e. The molecule has 4 unspecified atom stereocenters. The zero-order valence-electron chi connectivity index (χ0n) is 22.6. The van der Waals surface area contributed by atoms with Gasteiger partial charge in [-0.15, -0.1) is 0 Å². The molecule has 0 spiro atoms. The molecule has 2 aromatic carbocycles. The highest BCUT2D eigenvalue weighted by atomic mass is 79.9. The normalized spacial score (nSPS) is 23.5. The van der Waals surface area contributed by atoms with E-state index >= 15 is 0 Å². The zero-order chi connectivity index (χ0) is 31.4. The van der Waals surface area contributed by atoms with Gasteiger partial charge in [0.05, 0.1) is 23.6 Å². The number of ether oxygens (including phenoxy) is 2. The number of alkyl halides is 3. The summed E-state index contributed by atoms with van der Waals surface area (Å²) in [7, 11) is 1.29. The molecule has 6 atom stereocenters. The molecule has 5 rings (SSSR count). The molecule has 16 heteroatoms. The average molecular weight is 676 g/mol. The summed E-state index contributed by atoms with van der Waals surface area (Å²) in [4.78, 5) is 4.28. The first kappa shape index (κ1) is 31.1. The van der Waals surface area contributed by atoms with E-state index in [1.165, 1.54) is 50.2 Å². The van der Waals surface area contributed by atoms with Crippen LogP contribution in [-0.2, 0) is 15.7 Å². The number of nitrogens with zero attached hydrogens (tertiary/aromatic N) is 5. The van der Waals surface area contributed by atoms with Gasteiger partial charge in [-0.25, -0.2) is 22.8 Å². The molecule has 0 saturated carbocycles. The van der Waals surface area contributed by atoms with E-state index in [1.807, 2.05) is 0 Å². The van der Waals surface area contributed by atoms with Crippen molar-refractivity contribution in [3.05, 3.63) is 81.9 Å². The Morgan fingerprint density at radius 3 is 2.37 bits per heavy atom. The van der Waals surface area contributed by atoms with Gasteiger partial charge < -0.3 is 19.7 Å². The molecular formula is C27H24BrF6N5O4. The smallest absolute Gasteiger partial charge is 0.391 e. The van der Waals surface area contributed by atoms with Gasteiger partial charge in [-0.05, 0) is 49.7 Å². The van der Waals surface area contributed by atoms with Crippen LogP contribution >= 0.6 is 15.9 Å². The Kier molecular flexibility index (Phi) is 8.43. The van der Waals surface area contributed by atoms with Gasteiger partial charge >= 0.3 is 6.18 Å². The molecule has 3 heterocycles. The lowest BCUT2D eigenvalue weighted by molar-refractivity contribution is -0.230. The number of halogens is 7. The van der Waals surface area contributed by atoms with Gasteiger partial charge in [0.1, 0.15) is 36.3 Å². The molecule has 9 nitrogen and oxygen atoms in total. The number of aromatic nitrogens is 5. The van der Waals surface area contributed by atoms with E-state index < -0.39 is 71.4 Å². The van der Waals surface area contributed by atoms with Crippen molar-refractivity contribution in [2.75, 3.05) is 7.11 Å². The van der Waals surface area contributed by atoms with Crippen LogP contribution < -0.4 is 0 Å². The molecule has 1 aliphatic rings.